The van der Waals surface area contributed by atoms with E-state index in [2.05, 4.69) is 4.90 Å². The lowest BCUT2D eigenvalue weighted by atomic mass is 10.2. The summed E-state index contributed by atoms with van der Waals surface area (Å²) in [5.74, 6) is -0.0644. The number of hydrogen-bond acceptors (Lipinski definition) is 4. The number of aryl methyl sites for hydroxylation is 1. The second-order valence-electron chi connectivity index (χ2n) is 6.96. The van der Waals surface area contributed by atoms with Crippen LogP contribution in [0.4, 0.5) is 5.13 Å². The summed E-state index contributed by atoms with van der Waals surface area (Å²) in [5.41, 5.74) is 2.92. The minimum absolute atomic E-state index is 0.0644. The molecule has 0 bridgehead atoms. The molecule has 0 N–H and O–H groups in total. The molecule has 2 aromatic carbocycles. The monoisotopic (exact) mass is 413 g/mol. The van der Waals surface area contributed by atoms with E-state index in [9.17, 15) is 4.79 Å². The van der Waals surface area contributed by atoms with Gasteiger partial charge in [0.05, 0.1) is 10.2 Å². The van der Waals surface area contributed by atoms with Crippen LogP contribution >= 0.6 is 22.9 Å². The van der Waals surface area contributed by atoms with Gasteiger partial charge < -0.3 is 4.90 Å². The highest BCUT2D eigenvalue weighted by Crippen LogP contribution is 2.33. The molecule has 1 heterocycles. The average molecular weight is 414 g/mol. The van der Waals surface area contributed by atoms with Gasteiger partial charge in [0, 0.05) is 17.6 Å². The van der Waals surface area contributed by atoms with Gasteiger partial charge in [0.1, 0.15) is 0 Å². The van der Waals surface area contributed by atoms with Crippen LogP contribution in [0.2, 0.25) is 5.02 Å². The Balaban J connectivity index is 1.89. The number of rotatable bonds is 7. The highest BCUT2D eigenvalue weighted by atomic mass is 35.5. The number of carbonyl (C=O) groups excluding carboxylic acids is 1. The van der Waals surface area contributed by atoms with Crippen molar-refractivity contribution in [3.05, 3.63) is 64.7 Å². The van der Waals surface area contributed by atoms with E-state index in [0.29, 0.717) is 16.7 Å². The molecule has 0 aliphatic heterocycles. The lowest BCUT2D eigenvalue weighted by Gasteiger charge is -2.19. The standard InChI is InChI=1S/C22H24ClN3OS/c1-16-14-18(23)15-19-21(16)24-22(28-19)26(13-7-12-25(2)3)20(27)11-10-17-8-5-4-6-9-17/h4-6,8-11,14-15H,7,12-13H2,1-3H3. The second-order valence-corrected chi connectivity index (χ2v) is 8.40. The van der Waals surface area contributed by atoms with Crippen LogP contribution in [0.1, 0.15) is 17.5 Å². The Morgan fingerprint density at radius 2 is 1.93 bits per heavy atom. The third-order valence-electron chi connectivity index (χ3n) is 4.34. The first-order valence-corrected chi connectivity index (χ1v) is 10.4. The minimum atomic E-state index is -0.0644. The van der Waals surface area contributed by atoms with Crippen molar-refractivity contribution >= 4 is 50.3 Å². The maximum Gasteiger partial charge on any atom is 0.252 e. The molecule has 0 spiro atoms. The number of nitrogens with zero attached hydrogens (tertiary/aromatic N) is 3. The fourth-order valence-corrected chi connectivity index (χ4v) is 4.38. The van der Waals surface area contributed by atoms with Crippen LogP contribution in [0, 0.1) is 6.92 Å². The summed E-state index contributed by atoms with van der Waals surface area (Å²) < 4.78 is 0.998. The van der Waals surface area contributed by atoms with Gasteiger partial charge in [0.2, 0.25) is 0 Å². The van der Waals surface area contributed by atoms with E-state index in [1.165, 1.54) is 11.3 Å². The molecule has 6 heteroatoms. The number of amides is 1. The molecule has 1 aromatic heterocycles. The molecule has 0 atom stereocenters. The fraction of sp³-hybridized carbons (Fsp3) is 0.273. The molecule has 0 unspecified atom stereocenters. The Morgan fingerprint density at radius 3 is 2.64 bits per heavy atom. The molecule has 0 saturated heterocycles. The van der Waals surface area contributed by atoms with E-state index in [-0.39, 0.29) is 5.91 Å². The molecular weight excluding hydrogens is 390 g/mol. The van der Waals surface area contributed by atoms with Crippen LogP contribution in [-0.4, -0.2) is 43.0 Å². The van der Waals surface area contributed by atoms with Crippen molar-refractivity contribution in [2.75, 3.05) is 32.1 Å². The summed E-state index contributed by atoms with van der Waals surface area (Å²) in [6, 6.07) is 13.6. The molecule has 0 aliphatic carbocycles. The largest absolute Gasteiger partial charge is 0.309 e. The number of aromatic nitrogens is 1. The molecule has 0 aliphatic rings. The molecule has 0 saturated carbocycles. The third-order valence-corrected chi connectivity index (χ3v) is 5.58. The first-order valence-electron chi connectivity index (χ1n) is 9.20. The van der Waals surface area contributed by atoms with Crippen molar-refractivity contribution in [2.45, 2.75) is 13.3 Å². The smallest absolute Gasteiger partial charge is 0.252 e. The number of halogens is 1. The van der Waals surface area contributed by atoms with E-state index in [1.54, 1.807) is 11.0 Å². The van der Waals surface area contributed by atoms with Gasteiger partial charge in [-0.3, -0.25) is 9.69 Å². The van der Waals surface area contributed by atoms with Gasteiger partial charge in [-0.05, 0) is 63.3 Å². The van der Waals surface area contributed by atoms with Gasteiger partial charge in [-0.1, -0.05) is 53.3 Å². The van der Waals surface area contributed by atoms with Gasteiger partial charge >= 0.3 is 0 Å². The number of carbonyl (C=O) groups is 1. The van der Waals surface area contributed by atoms with Crippen LogP contribution in [0.5, 0.6) is 0 Å². The molecule has 4 nitrogen and oxygen atoms in total. The summed E-state index contributed by atoms with van der Waals surface area (Å²) >= 11 is 7.70. The summed E-state index contributed by atoms with van der Waals surface area (Å²) in [4.78, 5) is 21.6. The Bertz CT molecular complexity index is 982. The fourth-order valence-electron chi connectivity index (χ4n) is 2.92. The van der Waals surface area contributed by atoms with E-state index in [4.69, 9.17) is 16.6 Å². The maximum atomic E-state index is 13.0. The van der Waals surface area contributed by atoms with Crippen LogP contribution in [0.25, 0.3) is 16.3 Å². The van der Waals surface area contributed by atoms with Gasteiger partial charge in [-0.2, -0.15) is 0 Å². The molecule has 0 radical (unpaired) electrons. The van der Waals surface area contributed by atoms with Gasteiger partial charge in [0.15, 0.2) is 5.13 Å². The normalized spacial score (nSPS) is 11.6. The summed E-state index contributed by atoms with van der Waals surface area (Å²) in [5, 5.41) is 1.40. The number of thiazole rings is 1. The van der Waals surface area contributed by atoms with Crippen LogP contribution in [0.15, 0.2) is 48.5 Å². The highest BCUT2D eigenvalue weighted by Gasteiger charge is 2.18. The van der Waals surface area contributed by atoms with Crippen LogP contribution in [0.3, 0.4) is 0 Å². The minimum Gasteiger partial charge on any atom is -0.309 e. The molecule has 0 fully saturated rings. The SMILES string of the molecule is Cc1cc(Cl)cc2sc(N(CCCN(C)C)C(=O)C=Cc3ccccc3)nc12. The first-order chi connectivity index (χ1) is 13.4. The van der Waals surface area contributed by atoms with Crippen molar-refractivity contribution in [1.29, 1.82) is 0 Å². The first kappa shape index (κ1) is 20.5. The molecule has 1 amide bonds. The summed E-state index contributed by atoms with van der Waals surface area (Å²) in [6.45, 7) is 3.51. The predicted molar refractivity (Wildman–Crippen MR) is 120 cm³/mol. The zero-order valence-corrected chi connectivity index (χ0v) is 17.9. The Morgan fingerprint density at radius 1 is 1.18 bits per heavy atom. The topological polar surface area (TPSA) is 36.4 Å². The Kier molecular flexibility index (Phi) is 6.83. The van der Waals surface area contributed by atoms with E-state index in [1.807, 2.05) is 69.6 Å². The zero-order valence-electron chi connectivity index (χ0n) is 16.4. The quantitative estimate of drug-likeness (QED) is 0.496. The zero-order chi connectivity index (χ0) is 20.1. The molecule has 146 valence electrons. The van der Waals surface area contributed by atoms with E-state index >= 15 is 0 Å². The lowest BCUT2D eigenvalue weighted by Crippen LogP contribution is -2.32. The van der Waals surface area contributed by atoms with Crippen molar-refractivity contribution in [1.82, 2.24) is 9.88 Å². The van der Waals surface area contributed by atoms with Crippen LogP contribution < -0.4 is 4.90 Å². The summed E-state index contributed by atoms with van der Waals surface area (Å²) in [7, 11) is 4.06. The molecule has 3 aromatic rings. The summed E-state index contributed by atoms with van der Waals surface area (Å²) in [6.07, 6.45) is 4.33. The van der Waals surface area contributed by atoms with Gasteiger partial charge in [-0.25, -0.2) is 4.98 Å². The maximum absolute atomic E-state index is 13.0. The van der Waals surface area contributed by atoms with Crippen LogP contribution in [-0.2, 0) is 4.79 Å². The Labute approximate surface area is 175 Å². The van der Waals surface area contributed by atoms with E-state index < -0.39 is 0 Å². The second kappa shape index (κ2) is 9.32. The highest BCUT2D eigenvalue weighted by molar-refractivity contribution is 7.22. The lowest BCUT2D eigenvalue weighted by molar-refractivity contribution is -0.114. The third kappa shape index (κ3) is 5.19. The number of fused-ring (bicyclic) bond motifs is 1. The van der Waals surface area contributed by atoms with Crippen molar-refractivity contribution < 1.29 is 4.79 Å². The number of hydrogen-bond donors (Lipinski definition) is 0. The van der Waals surface area contributed by atoms with E-state index in [0.717, 1.165) is 34.3 Å². The number of anilines is 1. The van der Waals surface area contributed by atoms with Crippen molar-refractivity contribution in [2.24, 2.45) is 0 Å². The molecular formula is C22H24ClN3OS. The number of benzene rings is 2. The molecule has 28 heavy (non-hydrogen) atoms. The van der Waals surface area contributed by atoms with Crippen molar-refractivity contribution in [3.63, 3.8) is 0 Å². The van der Waals surface area contributed by atoms with Crippen molar-refractivity contribution in [3.8, 4) is 0 Å². The van der Waals surface area contributed by atoms with Gasteiger partial charge in [0.25, 0.3) is 5.91 Å². The predicted octanol–water partition coefficient (Wildman–Crippen LogP) is 5.26. The molecule has 3 rings (SSSR count). The average Bonchev–Trinajstić information content (AvgIpc) is 3.08. The van der Waals surface area contributed by atoms with Gasteiger partial charge in [-0.15, -0.1) is 0 Å². The Hall–Kier alpha value is -2.21.